The molecule has 0 bridgehead atoms. The Balaban J connectivity index is 2.49. The van der Waals surface area contributed by atoms with E-state index in [1.807, 2.05) is 18.2 Å². The number of para-hydroxylation sites is 1. The molecule has 74 valence electrons. The highest BCUT2D eigenvalue weighted by Crippen LogP contribution is 2.37. The third-order valence-corrected chi connectivity index (χ3v) is 2.80. The van der Waals surface area contributed by atoms with Gasteiger partial charge in [-0.2, -0.15) is 0 Å². The average molecular weight is 256 g/mol. The quantitative estimate of drug-likeness (QED) is 0.712. The molecular weight excluding hydrogens is 246 g/mol. The smallest absolute Gasteiger partial charge is 0.224 e. The molecule has 0 spiro atoms. The number of amides is 1. The number of rotatable bonds is 0. The molecule has 2 rings (SSSR count). The van der Waals surface area contributed by atoms with Crippen LogP contribution in [0.4, 0.5) is 5.69 Å². The summed E-state index contributed by atoms with van der Waals surface area (Å²) in [4.78, 5) is 13.1. The number of halogens is 1. The van der Waals surface area contributed by atoms with E-state index >= 15 is 0 Å². The van der Waals surface area contributed by atoms with Crippen molar-refractivity contribution in [2.24, 2.45) is 0 Å². The molecule has 1 aromatic carbocycles. The summed E-state index contributed by atoms with van der Waals surface area (Å²) in [6.45, 7) is 2.74. The van der Waals surface area contributed by atoms with Crippen LogP contribution in [0.15, 0.2) is 22.7 Å². The fourth-order valence-electron chi connectivity index (χ4n) is 1.54. The molecule has 0 atom stereocenters. The number of fused-ring (bicyclic) bond motifs is 1. The molecule has 0 unspecified atom stereocenters. The molecule has 0 saturated heterocycles. The summed E-state index contributed by atoms with van der Waals surface area (Å²) in [5.74, 6) is 0.807. The van der Waals surface area contributed by atoms with E-state index in [2.05, 4.69) is 15.9 Å². The average Bonchev–Trinajstić information content (AvgIpc) is 2.17. The van der Waals surface area contributed by atoms with Gasteiger partial charge in [0.2, 0.25) is 5.91 Å². The van der Waals surface area contributed by atoms with Crippen LogP contribution in [0, 0.1) is 0 Å². The first-order valence-corrected chi connectivity index (χ1v) is 5.19. The maximum absolute atomic E-state index is 11.3. The highest BCUT2D eigenvalue weighted by molar-refractivity contribution is 9.10. The largest absolute Gasteiger partial charge is 0.488 e. The minimum Gasteiger partial charge on any atom is -0.488 e. The monoisotopic (exact) mass is 255 g/mol. The van der Waals surface area contributed by atoms with Gasteiger partial charge >= 0.3 is 0 Å². The predicted octanol–water partition coefficient (Wildman–Crippen LogP) is 2.19. The van der Waals surface area contributed by atoms with Gasteiger partial charge in [0.25, 0.3) is 0 Å². The predicted molar refractivity (Wildman–Crippen MR) is 57.7 cm³/mol. The number of benzene rings is 1. The summed E-state index contributed by atoms with van der Waals surface area (Å²) in [6, 6.07) is 5.69. The van der Waals surface area contributed by atoms with Crippen LogP contribution in [-0.4, -0.2) is 19.1 Å². The highest BCUT2D eigenvalue weighted by atomic mass is 79.9. The van der Waals surface area contributed by atoms with E-state index < -0.39 is 0 Å². The van der Waals surface area contributed by atoms with Crippen LogP contribution in [-0.2, 0) is 4.79 Å². The van der Waals surface area contributed by atoms with Gasteiger partial charge in [0.05, 0.1) is 16.7 Å². The normalized spacial score (nSPS) is 14.6. The minimum absolute atomic E-state index is 0.0488. The van der Waals surface area contributed by atoms with Gasteiger partial charge in [0.15, 0.2) is 5.75 Å². The number of ether oxygens (including phenoxy) is 1. The first-order chi connectivity index (χ1) is 6.70. The third kappa shape index (κ3) is 1.50. The Labute approximate surface area is 90.8 Å². The van der Waals surface area contributed by atoms with E-state index in [4.69, 9.17) is 4.74 Å². The summed E-state index contributed by atoms with van der Waals surface area (Å²) < 4.78 is 6.38. The van der Waals surface area contributed by atoms with E-state index in [-0.39, 0.29) is 5.91 Å². The molecule has 14 heavy (non-hydrogen) atoms. The van der Waals surface area contributed by atoms with E-state index in [0.717, 1.165) is 15.9 Å². The second-order valence-electron chi connectivity index (χ2n) is 3.11. The van der Waals surface area contributed by atoms with Crippen LogP contribution >= 0.6 is 15.9 Å². The molecule has 1 aliphatic rings. The van der Waals surface area contributed by atoms with Crippen molar-refractivity contribution < 1.29 is 9.53 Å². The van der Waals surface area contributed by atoms with E-state index in [1.54, 1.807) is 11.8 Å². The summed E-state index contributed by atoms with van der Waals surface area (Å²) in [7, 11) is 0. The molecule has 0 aliphatic carbocycles. The second-order valence-corrected chi connectivity index (χ2v) is 3.96. The first kappa shape index (κ1) is 9.52. The highest BCUT2D eigenvalue weighted by Gasteiger charge is 2.22. The fraction of sp³-hybridized carbons (Fsp3) is 0.300. The second kappa shape index (κ2) is 3.61. The summed E-state index contributed by atoms with van der Waals surface area (Å²) in [6.07, 6.45) is 0. The standard InChI is InChI=1S/C10H10BrNO2/c1-7(13)12-5-6-14-10-8(11)3-2-4-9(10)12/h2-4H,5-6H2,1H3. The molecule has 0 aromatic heterocycles. The minimum atomic E-state index is 0.0488. The lowest BCUT2D eigenvalue weighted by atomic mass is 10.2. The molecule has 0 fully saturated rings. The number of carbonyl (C=O) groups is 1. The Morgan fingerprint density at radius 1 is 1.57 bits per heavy atom. The van der Waals surface area contributed by atoms with Gasteiger partial charge in [-0.3, -0.25) is 4.79 Å². The van der Waals surface area contributed by atoms with Gasteiger partial charge in [-0.05, 0) is 28.1 Å². The summed E-state index contributed by atoms with van der Waals surface area (Å²) >= 11 is 3.40. The lowest BCUT2D eigenvalue weighted by Gasteiger charge is -2.29. The zero-order valence-electron chi connectivity index (χ0n) is 7.79. The van der Waals surface area contributed by atoms with E-state index in [1.165, 1.54) is 0 Å². The Bertz CT molecular complexity index is 378. The van der Waals surface area contributed by atoms with Crippen LogP contribution < -0.4 is 9.64 Å². The van der Waals surface area contributed by atoms with Crippen molar-refractivity contribution in [2.75, 3.05) is 18.1 Å². The van der Waals surface area contributed by atoms with Crippen molar-refractivity contribution in [1.82, 2.24) is 0 Å². The van der Waals surface area contributed by atoms with Crippen molar-refractivity contribution in [3.8, 4) is 5.75 Å². The maximum atomic E-state index is 11.3. The van der Waals surface area contributed by atoms with Gasteiger partial charge in [0, 0.05) is 6.92 Å². The van der Waals surface area contributed by atoms with Crippen molar-refractivity contribution in [3.05, 3.63) is 22.7 Å². The summed E-state index contributed by atoms with van der Waals surface area (Å²) in [5.41, 5.74) is 0.845. The van der Waals surface area contributed by atoms with Gasteiger partial charge in [-0.1, -0.05) is 6.07 Å². The molecule has 4 heteroatoms. The number of carbonyl (C=O) groups excluding carboxylic acids is 1. The van der Waals surface area contributed by atoms with Crippen LogP contribution in [0.1, 0.15) is 6.92 Å². The van der Waals surface area contributed by atoms with Crippen LogP contribution in [0.25, 0.3) is 0 Å². The number of hydrogen-bond donors (Lipinski definition) is 0. The Kier molecular flexibility index (Phi) is 2.46. The fourth-order valence-corrected chi connectivity index (χ4v) is 2.01. The SMILES string of the molecule is CC(=O)N1CCOc2c(Br)cccc21. The third-order valence-electron chi connectivity index (χ3n) is 2.18. The lowest BCUT2D eigenvalue weighted by molar-refractivity contribution is -0.116. The van der Waals surface area contributed by atoms with Crippen molar-refractivity contribution >= 4 is 27.5 Å². The Morgan fingerprint density at radius 2 is 2.36 bits per heavy atom. The van der Waals surface area contributed by atoms with Crippen molar-refractivity contribution in [2.45, 2.75) is 6.92 Å². The van der Waals surface area contributed by atoms with Gasteiger partial charge in [-0.15, -0.1) is 0 Å². The van der Waals surface area contributed by atoms with Crippen molar-refractivity contribution in [3.63, 3.8) is 0 Å². The van der Waals surface area contributed by atoms with Crippen LogP contribution in [0.3, 0.4) is 0 Å². The first-order valence-electron chi connectivity index (χ1n) is 4.39. The maximum Gasteiger partial charge on any atom is 0.224 e. The zero-order valence-corrected chi connectivity index (χ0v) is 9.37. The molecule has 1 heterocycles. The molecule has 1 aromatic rings. The van der Waals surface area contributed by atoms with Crippen molar-refractivity contribution in [1.29, 1.82) is 0 Å². The topological polar surface area (TPSA) is 29.5 Å². The summed E-state index contributed by atoms with van der Waals surface area (Å²) in [5, 5.41) is 0. The zero-order chi connectivity index (χ0) is 10.1. The molecule has 0 saturated carbocycles. The molecule has 1 aliphatic heterocycles. The molecule has 0 N–H and O–H groups in total. The van der Waals surface area contributed by atoms with Crippen LogP contribution in [0.2, 0.25) is 0 Å². The van der Waals surface area contributed by atoms with Gasteiger partial charge in [0.1, 0.15) is 6.61 Å². The van der Waals surface area contributed by atoms with E-state index in [9.17, 15) is 4.79 Å². The van der Waals surface area contributed by atoms with Crippen LogP contribution in [0.5, 0.6) is 5.75 Å². The number of anilines is 1. The lowest BCUT2D eigenvalue weighted by Crippen LogP contribution is -2.36. The Hall–Kier alpha value is -1.03. The van der Waals surface area contributed by atoms with E-state index in [0.29, 0.717) is 13.2 Å². The molecular formula is C10H10BrNO2. The Morgan fingerprint density at radius 3 is 3.07 bits per heavy atom. The van der Waals surface area contributed by atoms with Gasteiger partial charge < -0.3 is 9.64 Å². The number of nitrogens with zero attached hydrogens (tertiary/aromatic N) is 1. The molecule has 1 amide bonds. The molecule has 0 radical (unpaired) electrons. The number of hydrogen-bond acceptors (Lipinski definition) is 2. The molecule has 3 nitrogen and oxygen atoms in total. The van der Waals surface area contributed by atoms with Gasteiger partial charge in [-0.25, -0.2) is 0 Å².